The van der Waals surface area contributed by atoms with E-state index in [1.807, 2.05) is 54.6 Å². The second kappa shape index (κ2) is 7.75. The summed E-state index contributed by atoms with van der Waals surface area (Å²) in [6, 6.07) is 24.4. The molecule has 1 heterocycles. The summed E-state index contributed by atoms with van der Waals surface area (Å²) in [4.78, 5) is 0. The third-order valence-corrected chi connectivity index (χ3v) is 6.01. The third kappa shape index (κ3) is 3.91. The van der Waals surface area contributed by atoms with Crippen molar-refractivity contribution in [3.05, 3.63) is 78.4 Å². The Labute approximate surface area is 178 Å². The number of rotatable bonds is 5. The molecule has 4 rings (SSSR count). The van der Waals surface area contributed by atoms with Gasteiger partial charge in [0.1, 0.15) is 0 Å². The summed E-state index contributed by atoms with van der Waals surface area (Å²) in [5.41, 5.74) is 5.09. The zero-order valence-electron chi connectivity index (χ0n) is 17.9. The molecule has 152 valence electrons. The summed E-state index contributed by atoms with van der Waals surface area (Å²) < 4.78 is 12.4. The molecule has 5 heteroatoms. The van der Waals surface area contributed by atoms with Gasteiger partial charge in [-0.05, 0) is 68.6 Å². The minimum Gasteiger partial charge on any atom is -0.399 e. The van der Waals surface area contributed by atoms with Crippen molar-refractivity contribution in [2.24, 2.45) is 0 Å². The van der Waals surface area contributed by atoms with Crippen LogP contribution >= 0.6 is 0 Å². The first-order valence-corrected chi connectivity index (χ1v) is 10.2. The zero-order valence-corrected chi connectivity index (χ0v) is 17.9. The standard InChI is InChI=1S/C25H27BN2O2/c1-24(2)25(3,4)30-26(29-24)21-11-8-12-22(16-21)28-23-14-13-19(15-20(23)17-27)18-9-6-5-7-10-18/h5-17,27-28H,1-4H3. The lowest BCUT2D eigenvalue weighted by atomic mass is 9.79. The van der Waals surface area contributed by atoms with Gasteiger partial charge in [0.25, 0.3) is 0 Å². The van der Waals surface area contributed by atoms with Gasteiger partial charge in [0.15, 0.2) is 0 Å². The van der Waals surface area contributed by atoms with E-state index in [1.165, 1.54) is 6.21 Å². The average Bonchev–Trinajstić information content (AvgIpc) is 2.96. The second-order valence-electron chi connectivity index (χ2n) is 8.65. The second-order valence-corrected chi connectivity index (χ2v) is 8.65. The maximum Gasteiger partial charge on any atom is 0.494 e. The molecule has 1 saturated heterocycles. The van der Waals surface area contributed by atoms with Gasteiger partial charge in [0.05, 0.1) is 11.2 Å². The van der Waals surface area contributed by atoms with Gasteiger partial charge in [-0.15, -0.1) is 0 Å². The Bertz CT molecular complexity index is 1050. The summed E-state index contributed by atoms with van der Waals surface area (Å²) in [5.74, 6) is 0. The molecule has 1 fully saturated rings. The molecular formula is C25H27BN2O2. The van der Waals surface area contributed by atoms with Crippen molar-refractivity contribution < 1.29 is 9.31 Å². The maximum atomic E-state index is 7.87. The summed E-state index contributed by atoms with van der Waals surface area (Å²) in [6.45, 7) is 8.22. The van der Waals surface area contributed by atoms with Crippen LogP contribution in [0.5, 0.6) is 0 Å². The molecule has 1 aliphatic rings. The fraction of sp³-hybridized carbons (Fsp3) is 0.240. The Morgan fingerprint density at radius 2 is 1.50 bits per heavy atom. The number of hydrogen-bond acceptors (Lipinski definition) is 4. The van der Waals surface area contributed by atoms with Crippen LogP contribution < -0.4 is 10.8 Å². The van der Waals surface area contributed by atoms with Crippen molar-refractivity contribution in [2.75, 3.05) is 5.32 Å². The number of hydrogen-bond donors (Lipinski definition) is 2. The van der Waals surface area contributed by atoms with Crippen LogP contribution in [0.2, 0.25) is 0 Å². The van der Waals surface area contributed by atoms with E-state index in [2.05, 4.69) is 51.2 Å². The highest BCUT2D eigenvalue weighted by Gasteiger charge is 2.51. The van der Waals surface area contributed by atoms with Crippen LogP contribution in [0.25, 0.3) is 11.1 Å². The highest BCUT2D eigenvalue weighted by atomic mass is 16.7. The van der Waals surface area contributed by atoms with Crippen LogP contribution in [0.15, 0.2) is 72.8 Å². The van der Waals surface area contributed by atoms with Gasteiger partial charge in [0, 0.05) is 23.2 Å². The monoisotopic (exact) mass is 398 g/mol. The molecule has 0 atom stereocenters. The van der Waals surface area contributed by atoms with Crippen molar-refractivity contribution in [2.45, 2.75) is 38.9 Å². The van der Waals surface area contributed by atoms with E-state index in [1.54, 1.807) is 0 Å². The Hall–Kier alpha value is -2.89. The first-order chi connectivity index (χ1) is 14.3. The topological polar surface area (TPSA) is 54.3 Å². The molecule has 0 radical (unpaired) electrons. The van der Waals surface area contributed by atoms with Crippen LogP contribution in [0, 0.1) is 5.41 Å². The highest BCUT2D eigenvalue weighted by Crippen LogP contribution is 2.36. The van der Waals surface area contributed by atoms with Gasteiger partial charge in [-0.1, -0.05) is 48.5 Å². The van der Waals surface area contributed by atoms with E-state index in [9.17, 15) is 0 Å². The number of nitrogens with one attached hydrogen (secondary N) is 2. The summed E-state index contributed by atoms with van der Waals surface area (Å²) in [7, 11) is -0.403. The van der Waals surface area contributed by atoms with Crippen molar-refractivity contribution in [1.29, 1.82) is 5.41 Å². The van der Waals surface area contributed by atoms with Crippen molar-refractivity contribution in [1.82, 2.24) is 0 Å². The molecule has 0 aromatic heterocycles. The number of anilines is 2. The summed E-state index contributed by atoms with van der Waals surface area (Å²) in [5, 5.41) is 11.3. The van der Waals surface area contributed by atoms with E-state index in [0.29, 0.717) is 0 Å². The highest BCUT2D eigenvalue weighted by molar-refractivity contribution is 6.62. The minimum atomic E-state index is -0.403. The molecule has 0 amide bonds. The van der Waals surface area contributed by atoms with Crippen LogP contribution in [-0.4, -0.2) is 24.5 Å². The molecule has 0 spiro atoms. The Balaban J connectivity index is 1.58. The van der Waals surface area contributed by atoms with Gasteiger partial charge in [-0.2, -0.15) is 0 Å². The molecular weight excluding hydrogens is 371 g/mol. The normalized spacial score (nSPS) is 17.0. The molecule has 0 aliphatic carbocycles. The van der Waals surface area contributed by atoms with E-state index >= 15 is 0 Å². The van der Waals surface area contributed by atoms with Gasteiger partial charge >= 0.3 is 7.12 Å². The lowest BCUT2D eigenvalue weighted by Gasteiger charge is -2.32. The van der Waals surface area contributed by atoms with Crippen LogP contribution in [0.1, 0.15) is 33.3 Å². The van der Waals surface area contributed by atoms with E-state index < -0.39 is 7.12 Å². The molecule has 1 aliphatic heterocycles. The maximum absolute atomic E-state index is 7.87. The average molecular weight is 398 g/mol. The van der Waals surface area contributed by atoms with Gasteiger partial charge in [-0.3, -0.25) is 0 Å². The van der Waals surface area contributed by atoms with Gasteiger partial charge in [0.2, 0.25) is 0 Å². The smallest absolute Gasteiger partial charge is 0.399 e. The molecule has 3 aromatic rings. The lowest BCUT2D eigenvalue weighted by Crippen LogP contribution is -2.41. The lowest BCUT2D eigenvalue weighted by molar-refractivity contribution is 0.00578. The van der Waals surface area contributed by atoms with E-state index in [-0.39, 0.29) is 11.2 Å². The van der Waals surface area contributed by atoms with Crippen molar-refractivity contribution >= 4 is 30.2 Å². The predicted molar refractivity (Wildman–Crippen MR) is 125 cm³/mol. The molecule has 0 saturated carbocycles. The first kappa shape index (κ1) is 20.4. The van der Waals surface area contributed by atoms with Crippen molar-refractivity contribution in [3.63, 3.8) is 0 Å². The summed E-state index contributed by atoms with van der Waals surface area (Å²) in [6.07, 6.45) is 1.38. The van der Waals surface area contributed by atoms with Crippen LogP contribution in [0.3, 0.4) is 0 Å². The molecule has 30 heavy (non-hydrogen) atoms. The fourth-order valence-electron chi connectivity index (χ4n) is 3.50. The first-order valence-electron chi connectivity index (χ1n) is 10.2. The van der Waals surface area contributed by atoms with Crippen molar-refractivity contribution in [3.8, 4) is 11.1 Å². The predicted octanol–water partition coefficient (Wildman–Crippen LogP) is 5.39. The molecule has 3 aromatic carbocycles. The minimum absolute atomic E-state index is 0.373. The molecule has 4 nitrogen and oxygen atoms in total. The van der Waals surface area contributed by atoms with E-state index in [4.69, 9.17) is 14.7 Å². The number of benzene rings is 3. The zero-order chi connectivity index (χ0) is 21.4. The third-order valence-electron chi connectivity index (χ3n) is 6.01. The van der Waals surface area contributed by atoms with Crippen LogP contribution in [0.4, 0.5) is 11.4 Å². The molecule has 2 N–H and O–H groups in total. The summed E-state index contributed by atoms with van der Waals surface area (Å²) >= 11 is 0. The Morgan fingerprint density at radius 3 is 2.17 bits per heavy atom. The van der Waals surface area contributed by atoms with Crippen LogP contribution in [-0.2, 0) is 9.31 Å². The van der Waals surface area contributed by atoms with Gasteiger partial charge in [-0.25, -0.2) is 0 Å². The molecule has 0 unspecified atom stereocenters. The largest absolute Gasteiger partial charge is 0.494 e. The van der Waals surface area contributed by atoms with Gasteiger partial charge < -0.3 is 20.0 Å². The molecule has 0 bridgehead atoms. The Morgan fingerprint density at radius 1 is 0.800 bits per heavy atom. The van der Waals surface area contributed by atoms with E-state index in [0.717, 1.165) is 33.5 Å². The SMILES string of the molecule is CC1(C)OB(c2cccc(Nc3ccc(-c4ccccc4)cc3C=N)c2)OC1(C)C. The Kier molecular flexibility index (Phi) is 5.26. The fourth-order valence-corrected chi connectivity index (χ4v) is 3.50. The quantitative estimate of drug-likeness (QED) is 0.447.